The first-order valence-electron chi connectivity index (χ1n) is 4.32. The average Bonchev–Trinajstić information content (AvgIpc) is 1.83. The molecule has 0 amide bonds. The minimum Gasteiger partial charge on any atom is -0.387 e. The van der Waals surface area contributed by atoms with Gasteiger partial charge in [-0.2, -0.15) is 0 Å². The SMILES string of the molecule is [2H]C([2H])([2H])C(=C)[C@@H](OO)C(C)(C)O. The van der Waals surface area contributed by atoms with Crippen LogP contribution in [-0.4, -0.2) is 22.1 Å². The van der Waals surface area contributed by atoms with Crippen molar-refractivity contribution in [3.63, 3.8) is 0 Å². The van der Waals surface area contributed by atoms with Crippen LogP contribution in [0.5, 0.6) is 0 Å². The second-order valence-electron chi connectivity index (χ2n) is 2.66. The van der Waals surface area contributed by atoms with E-state index in [1.165, 1.54) is 13.8 Å². The summed E-state index contributed by atoms with van der Waals surface area (Å²) >= 11 is 0. The van der Waals surface area contributed by atoms with Gasteiger partial charge in [0.2, 0.25) is 0 Å². The van der Waals surface area contributed by atoms with E-state index in [1.807, 2.05) is 0 Å². The zero-order valence-corrected chi connectivity index (χ0v) is 6.09. The molecule has 2 N–H and O–H groups in total. The Bertz CT molecular complexity index is 192. The maximum absolute atomic E-state index is 9.42. The molecule has 0 rings (SSSR count). The van der Waals surface area contributed by atoms with Crippen molar-refractivity contribution in [3.05, 3.63) is 12.2 Å². The van der Waals surface area contributed by atoms with Crippen molar-refractivity contribution in [1.29, 1.82) is 0 Å². The molecule has 0 aliphatic carbocycles. The van der Waals surface area contributed by atoms with Crippen LogP contribution in [0.2, 0.25) is 0 Å². The standard InChI is InChI=1S/C7H14O3/c1-5(2)6(10-9)7(3,4)8/h6,8-9H,1H2,2-4H3/t6-/m1/s1/i2D3. The molecule has 3 nitrogen and oxygen atoms in total. The molecular weight excluding hydrogens is 132 g/mol. The number of hydrogen-bond donors (Lipinski definition) is 2. The van der Waals surface area contributed by atoms with Gasteiger partial charge in [-0.15, -0.1) is 0 Å². The summed E-state index contributed by atoms with van der Waals surface area (Å²) in [6.45, 7) is 3.45. The Labute approximate surface area is 65.1 Å². The molecule has 60 valence electrons. The first-order valence-corrected chi connectivity index (χ1v) is 2.82. The van der Waals surface area contributed by atoms with E-state index < -0.39 is 18.6 Å². The highest BCUT2D eigenvalue weighted by atomic mass is 17.1. The molecule has 0 fully saturated rings. The molecule has 3 heteroatoms. The summed E-state index contributed by atoms with van der Waals surface area (Å²) in [5.74, 6) is 0. The van der Waals surface area contributed by atoms with Gasteiger partial charge in [0, 0.05) is 4.11 Å². The van der Waals surface area contributed by atoms with Crippen LogP contribution in [0.25, 0.3) is 0 Å². The van der Waals surface area contributed by atoms with Gasteiger partial charge in [-0.1, -0.05) is 6.58 Å². The summed E-state index contributed by atoms with van der Waals surface area (Å²) in [5.41, 5.74) is -1.82. The van der Waals surface area contributed by atoms with Gasteiger partial charge in [-0.05, 0) is 26.3 Å². The van der Waals surface area contributed by atoms with Crippen LogP contribution in [0.1, 0.15) is 24.8 Å². The molecule has 0 aliphatic rings. The summed E-state index contributed by atoms with van der Waals surface area (Å²) in [7, 11) is 0. The molecule has 0 aliphatic heterocycles. The highest BCUT2D eigenvalue weighted by Gasteiger charge is 2.28. The van der Waals surface area contributed by atoms with E-state index in [2.05, 4.69) is 11.5 Å². The quantitative estimate of drug-likeness (QED) is 0.360. The Balaban J connectivity index is 4.72. The molecule has 0 bridgehead atoms. The number of hydrogen-bond acceptors (Lipinski definition) is 3. The Morgan fingerprint density at radius 3 is 2.40 bits per heavy atom. The maximum Gasteiger partial charge on any atom is 0.141 e. The Morgan fingerprint density at radius 1 is 1.80 bits per heavy atom. The third kappa shape index (κ3) is 2.47. The van der Waals surface area contributed by atoms with Gasteiger partial charge in [-0.25, -0.2) is 4.89 Å². The van der Waals surface area contributed by atoms with Gasteiger partial charge in [0.05, 0.1) is 5.60 Å². The second-order valence-corrected chi connectivity index (χ2v) is 2.66. The van der Waals surface area contributed by atoms with E-state index in [0.29, 0.717) is 0 Å². The van der Waals surface area contributed by atoms with Gasteiger partial charge >= 0.3 is 0 Å². The first-order chi connectivity index (χ1) is 5.60. The molecule has 0 aromatic heterocycles. The van der Waals surface area contributed by atoms with Gasteiger partial charge in [0.1, 0.15) is 6.10 Å². The van der Waals surface area contributed by atoms with Crippen LogP contribution in [0, 0.1) is 0 Å². The fraction of sp³-hybridized carbons (Fsp3) is 0.714. The smallest absolute Gasteiger partial charge is 0.141 e. The molecule has 10 heavy (non-hydrogen) atoms. The van der Waals surface area contributed by atoms with Crippen LogP contribution in [0.3, 0.4) is 0 Å². The van der Waals surface area contributed by atoms with Crippen molar-refractivity contribution in [2.24, 2.45) is 0 Å². The summed E-state index contributed by atoms with van der Waals surface area (Å²) < 4.78 is 20.9. The van der Waals surface area contributed by atoms with E-state index in [9.17, 15) is 5.11 Å². The lowest BCUT2D eigenvalue weighted by atomic mass is 9.97. The number of aliphatic hydroxyl groups is 1. The van der Waals surface area contributed by atoms with Crippen LogP contribution in [0.15, 0.2) is 12.2 Å². The fourth-order valence-electron chi connectivity index (χ4n) is 0.619. The average molecular weight is 149 g/mol. The predicted molar refractivity (Wildman–Crippen MR) is 38.6 cm³/mol. The zero-order chi connectivity index (χ0) is 10.9. The summed E-state index contributed by atoms with van der Waals surface area (Å²) in [6, 6.07) is 0. The third-order valence-electron chi connectivity index (χ3n) is 1.06. The van der Waals surface area contributed by atoms with Crippen molar-refractivity contribution < 1.29 is 19.4 Å². The fourth-order valence-corrected chi connectivity index (χ4v) is 0.619. The molecule has 0 aromatic carbocycles. The van der Waals surface area contributed by atoms with Crippen LogP contribution in [0.4, 0.5) is 0 Å². The van der Waals surface area contributed by atoms with Gasteiger partial charge in [0.25, 0.3) is 0 Å². The maximum atomic E-state index is 9.42. The molecule has 0 saturated heterocycles. The minimum atomic E-state index is -2.45. The van der Waals surface area contributed by atoms with E-state index in [-0.39, 0.29) is 5.57 Å². The third-order valence-corrected chi connectivity index (χ3v) is 1.06. The van der Waals surface area contributed by atoms with Crippen LogP contribution < -0.4 is 0 Å². The zero-order valence-electron chi connectivity index (χ0n) is 9.09. The second kappa shape index (κ2) is 3.14. The molecule has 0 saturated carbocycles. The van der Waals surface area contributed by atoms with Gasteiger partial charge < -0.3 is 5.11 Å². The predicted octanol–water partition coefficient (Wildman–Crippen LogP) is 1.19. The Kier molecular flexibility index (Phi) is 1.66. The highest BCUT2D eigenvalue weighted by Crippen LogP contribution is 2.17. The molecule has 0 heterocycles. The monoisotopic (exact) mass is 149 g/mol. The highest BCUT2D eigenvalue weighted by molar-refractivity contribution is 5.04. The molecule has 0 aromatic rings. The first kappa shape index (κ1) is 5.29. The van der Waals surface area contributed by atoms with Crippen LogP contribution >= 0.6 is 0 Å². The summed E-state index contributed by atoms with van der Waals surface area (Å²) in [6.07, 6.45) is -1.32. The lowest BCUT2D eigenvalue weighted by Gasteiger charge is -2.26. The molecule has 0 radical (unpaired) electrons. The summed E-state index contributed by atoms with van der Waals surface area (Å²) in [5, 5.41) is 17.8. The molecule has 0 spiro atoms. The minimum absolute atomic E-state index is 0.331. The van der Waals surface area contributed by atoms with E-state index in [1.54, 1.807) is 0 Å². The van der Waals surface area contributed by atoms with Crippen molar-refractivity contribution >= 4 is 0 Å². The van der Waals surface area contributed by atoms with E-state index in [4.69, 9.17) is 9.37 Å². The number of rotatable bonds is 3. The van der Waals surface area contributed by atoms with Gasteiger partial charge in [0.15, 0.2) is 0 Å². The topological polar surface area (TPSA) is 49.7 Å². The largest absolute Gasteiger partial charge is 0.387 e. The van der Waals surface area contributed by atoms with Crippen molar-refractivity contribution in [1.82, 2.24) is 0 Å². The van der Waals surface area contributed by atoms with Gasteiger partial charge in [-0.3, -0.25) is 5.26 Å². The Morgan fingerprint density at radius 2 is 2.30 bits per heavy atom. The molecular formula is C7H14O3. The van der Waals surface area contributed by atoms with E-state index in [0.717, 1.165) is 0 Å². The normalized spacial score (nSPS) is 20.6. The molecule has 0 unspecified atom stereocenters. The Hall–Kier alpha value is -0.380. The van der Waals surface area contributed by atoms with E-state index >= 15 is 0 Å². The summed E-state index contributed by atoms with van der Waals surface area (Å²) in [4.78, 5) is 3.89. The molecule has 1 atom stereocenters. The van der Waals surface area contributed by atoms with Crippen molar-refractivity contribution in [2.75, 3.05) is 0 Å². The van der Waals surface area contributed by atoms with Crippen molar-refractivity contribution in [2.45, 2.75) is 32.4 Å². The van der Waals surface area contributed by atoms with Crippen molar-refractivity contribution in [3.8, 4) is 0 Å². The lowest BCUT2D eigenvalue weighted by Crippen LogP contribution is -2.38. The lowest BCUT2D eigenvalue weighted by molar-refractivity contribution is -0.298. The van der Waals surface area contributed by atoms with Crippen LogP contribution in [-0.2, 0) is 4.89 Å².